The van der Waals surface area contributed by atoms with Crippen LogP contribution in [-0.4, -0.2) is 17.7 Å². The van der Waals surface area contributed by atoms with Gasteiger partial charge < -0.3 is 9.73 Å². The lowest BCUT2D eigenvalue weighted by Crippen LogP contribution is -2.32. The Morgan fingerprint density at radius 3 is 2.41 bits per heavy atom. The lowest BCUT2D eigenvalue weighted by Gasteiger charge is -2.18. The second-order valence-corrected chi connectivity index (χ2v) is 8.55. The lowest BCUT2D eigenvalue weighted by molar-refractivity contribution is -0.120. The Bertz CT molecular complexity index is 1230. The number of benzene rings is 2. The van der Waals surface area contributed by atoms with E-state index >= 15 is 0 Å². The average Bonchev–Trinajstić information content (AvgIpc) is 3.34. The number of hydrogen-bond donors (Lipinski definition) is 1. The summed E-state index contributed by atoms with van der Waals surface area (Å²) in [5.41, 5.74) is 4.07. The number of nitrogens with one attached hydrogen (secondary N) is 1. The van der Waals surface area contributed by atoms with Crippen LogP contribution in [0.3, 0.4) is 0 Å². The minimum Gasteiger partial charge on any atom is -0.468 e. The molecule has 0 saturated carbocycles. The summed E-state index contributed by atoms with van der Waals surface area (Å²) in [4.78, 5) is 39.9. The first-order valence-corrected chi connectivity index (χ1v) is 11.1. The highest BCUT2D eigenvalue weighted by atomic mass is 32.2. The molecule has 1 aromatic heterocycles. The molecule has 2 heterocycles. The molecule has 0 aliphatic carbocycles. The van der Waals surface area contributed by atoms with Crippen LogP contribution in [0, 0.1) is 13.8 Å². The number of carbonyl (C=O) groups is 3. The Balaban J connectivity index is 1.74. The molecule has 3 amide bonds. The highest BCUT2D eigenvalue weighted by Gasteiger charge is 2.40. The van der Waals surface area contributed by atoms with Gasteiger partial charge in [0, 0.05) is 12.6 Å². The van der Waals surface area contributed by atoms with Crippen LogP contribution in [-0.2, 0) is 20.1 Å². The Labute approximate surface area is 190 Å². The molecule has 1 aliphatic heterocycles. The van der Waals surface area contributed by atoms with Gasteiger partial charge in [-0.15, -0.1) is 11.8 Å². The molecule has 0 spiro atoms. The van der Waals surface area contributed by atoms with Crippen LogP contribution in [0.25, 0.3) is 5.57 Å². The molecule has 6 nitrogen and oxygen atoms in total. The van der Waals surface area contributed by atoms with Crippen molar-refractivity contribution in [2.24, 2.45) is 0 Å². The molecule has 4 rings (SSSR count). The van der Waals surface area contributed by atoms with Gasteiger partial charge in [-0.05, 0) is 55.3 Å². The third kappa shape index (κ3) is 4.24. The molecule has 2 aromatic carbocycles. The smallest absolute Gasteiger partial charge is 0.272 e. The fraction of sp³-hybridized carbons (Fsp3) is 0.160. The van der Waals surface area contributed by atoms with E-state index in [0.717, 1.165) is 11.1 Å². The predicted molar refractivity (Wildman–Crippen MR) is 126 cm³/mol. The largest absolute Gasteiger partial charge is 0.468 e. The molecule has 0 bridgehead atoms. The van der Waals surface area contributed by atoms with Gasteiger partial charge in [0.05, 0.1) is 28.2 Å². The van der Waals surface area contributed by atoms with E-state index in [9.17, 15) is 14.4 Å². The molecule has 0 unspecified atom stereocenters. The molecular formula is C25H22N2O4S. The van der Waals surface area contributed by atoms with E-state index < -0.39 is 0 Å². The summed E-state index contributed by atoms with van der Waals surface area (Å²) >= 11 is 1.28. The molecule has 1 N–H and O–H groups in total. The van der Waals surface area contributed by atoms with Crippen LogP contribution in [0.5, 0.6) is 0 Å². The molecule has 1 aliphatic rings. The summed E-state index contributed by atoms with van der Waals surface area (Å²) in [5, 5.41) is 2.71. The lowest BCUT2D eigenvalue weighted by atomic mass is 10.1. The van der Waals surface area contributed by atoms with E-state index in [-0.39, 0.29) is 17.7 Å². The quantitative estimate of drug-likeness (QED) is 0.535. The number of anilines is 2. The first kappa shape index (κ1) is 21.6. The minimum absolute atomic E-state index is 0.181. The van der Waals surface area contributed by atoms with Gasteiger partial charge in [-0.3, -0.25) is 14.4 Å². The van der Waals surface area contributed by atoms with E-state index in [1.165, 1.54) is 23.6 Å². The fourth-order valence-electron chi connectivity index (χ4n) is 3.63. The van der Waals surface area contributed by atoms with E-state index in [1.807, 2.05) is 32.0 Å². The van der Waals surface area contributed by atoms with Gasteiger partial charge in [-0.1, -0.05) is 29.8 Å². The third-order valence-corrected chi connectivity index (χ3v) is 6.16. The number of rotatable bonds is 6. The normalized spacial score (nSPS) is 13.8. The molecule has 0 atom stereocenters. The second-order valence-electron chi connectivity index (χ2n) is 7.57. The molecule has 0 saturated heterocycles. The van der Waals surface area contributed by atoms with Crippen molar-refractivity contribution in [3.63, 3.8) is 0 Å². The van der Waals surface area contributed by atoms with Crippen molar-refractivity contribution in [2.75, 3.05) is 10.2 Å². The van der Waals surface area contributed by atoms with Crippen LogP contribution >= 0.6 is 11.8 Å². The molecule has 3 aromatic rings. The Morgan fingerprint density at radius 2 is 1.78 bits per heavy atom. The minimum atomic E-state index is -0.365. The van der Waals surface area contributed by atoms with Crippen LogP contribution in [0.15, 0.2) is 70.2 Å². The number of hydrogen-bond acceptors (Lipinski definition) is 5. The van der Waals surface area contributed by atoms with Crippen LogP contribution < -0.4 is 10.2 Å². The van der Waals surface area contributed by atoms with Gasteiger partial charge in [0.25, 0.3) is 11.8 Å². The summed E-state index contributed by atoms with van der Waals surface area (Å²) < 4.78 is 5.40. The maximum absolute atomic E-state index is 13.5. The maximum atomic E-state index is 13.5. The van der Waals surface area contributed by atoms with Crippen LogP contribution in [0.4, 0.5) is 11.4 Å². The van der Waals surface area contributed by atoms with Gasteiger partial charge in [-0.25, -0.2) is 4.90 Å². The predicted octanol–water partition coefficient (Wildman–Crippen LogP) is 5.07. The van der Waals surface area contributed by atoms with Crippen LogP contribution in [0.2, 0.25) is 0 Å². The van der Waals surface area contributed by atoms with Gasteiger partial charge >= 0.3 is 0 Å². The zero-order valence-electron chi connectivity index (χ0n) is 18.0. The van der Waals surface area contributed by atoms with E-state index in [1.54, 1.807) is 42.7 Å². The summed E-state index contributed by atoms with van der Waals surface area (Å²) in [7, 11) is 0. The van der Waals surface area contributed by atoms with E-state index in [0.29, 0.717) is 38.9 Å². The number of nitrogens with zero attached hydrogens (tertiary/aromatic N) is 1. The highest BCUT2D eigenvalue weighted by molar-refractivity contribution is 8.03. The van der Waals surface area contributed by atoms with Gasteiger partial charge in [0.1, 0.15) is 5.76 Å². The third-order valence-electron chi connectivity index (χ3n) is 5.07. The standard InChI is InChI=1S/C25H22N2O4S/c1-15-6-11-21(16(2)13-15)27-24(29)22(18-7-9-19(10-8-18)26-17(3)28)23(25(27)30)32-14-20-5-4-12-31-20/h4-13H,14H2,1-3H3,(H,26,28). The number of furan rings is 1. The Kier molecular flexibility index (Phi) is 6.01. The van der Waals surface area contributed by atoms with Crippen molar-refractivity contribution in [1.82, 2.24) is 0 Å². The topological polar surface area (TPSA) is 79.6 Å². The van der Waals surface area contributed by atoms with Crippen molar-refractivity contribution in [2.45, 2.75) is 26.5 Å². The number of amides is 3. The molecule has 32 heavy (non-hydrogen) atoms. The number of thioether (sulfide) groups is 1. The zero-order valence-corrected chi connectivity index (χ0v) is 18.8. The first-order chi connectivity index (χ1) is 15.3. The Hall–Kier alpha value is -3.58. The van der Waals surface area contributed by atoms with Crippen LogP contribution in [0.1, 0.15) is 29.4 Å². The molecule has 7 heteroatoms. The molecule has 162 valence electrons. The first-order valence-electron chi connectivity index (χ1n) is 10.1. The molecular weight excluding hydrogens is 424 g/mol. The van der Waals surface area contributed by atoms with Crippen molar-refractivity contribution in [3.05, 3.63) is 88.2 Å². The highest BCUT2D eigenvalue weighted by Crippen LogP contribution is 2.40. The summed E-state index contributed by atoms with van der Waals surface area (Å²) in [6, 6.07) is 16.2. The van der Waals surface area contributed by atoms with Gasteiger partial charge in [0.2, 0.25) is 5.91 Å². The van der Waals surface area contributed by atoms with Crippen molar-refractivity contribution >= 4 is 46.4 Å². The fourth-order valence-corrected chi connectivity index (χ4v) is 4.65. The zero-order chi connectivity index (χ0) is 22.8. The van der Waals surface area contributed by atoms with Crippen molar-refractivity contribution in [1.29, 1.82) is 0 Å². The number of imide groups is 1. The molecule has 0 radical (unpaired) electrons. The van der Waals surface area contributed by atoms with E-state index in [2.05, 4.69) is 5.32 Å². The monoisotopic (exact) mass is 446 g/mol. The van der Waals surface area contributed by atoms with E-state index in [4.69, 9.17) is 4.42 Å². The SMILES string of the molecule is CC(=O)Nc1ccc(C2=C(SCc3ccco3)C(=O)N(c3ccc(C)cc3C)C2=O)cc1. The van der Waals surface area contributed by atoms with Gasteiger partial charge in [0.15, 0.2) is 0 Å². The molecule has 0 fully saturated rings. The Morgan fingerprint density at radius 1 is 1.03 bits per heavy atom. The average molecular weight is 447 g/mol. The van der Waals surface area contributed by atoms with Crippen molar-refractivity contribution < 1.29 is 18.8 Å². The number of aryl methyl sites for hydroxylation is 2. The summed E-state index contributed by atoms with van der Waals surface area (Å²) in [6.45, 7) is 5.29. The summed E-state index contributed by atoms with van der Waals surface area (Å²) in [5.74, 6) is 0.249. The number of carbonyl (C=O) groups excluding carboxylic acids is 3. The second kappa shape index (κ2) is 8.88. The summed E-state index contributed by atoms with van der Waals surface area (Å²) in [6.07, 6.45) is 1.58. The van der Waals surface area contributed by atoms with Gasteiger partial charge in [-0.2, -0.15) is 0 Å². The maximum Gasteiger partial charge on any atom is 0.272 e. The van der Waals surface area contributed by atoms with Crippen molar-refractivity contribution in [3.8, 4) is 0 Å².